The van der Waals surface area contributed by atoms with Gasteiger partial charge in [0.05, 0.1) is 29.6 Å². The number of hydrogen-bond donors (Lipinski definition) is 1. The van der Waals surface area contributed by atoms with Crippen LogP contribution in [-0.2, 0) is 26.6 Å². The van der Waals surface area contributed by atoms with Crippen molar-refractivity contribution >= 4 is 16.8 Å². The molecule has 2 aromatic carbocycles. The maximum atomic E-state index is 13.4. The molecule has 0 fully saturated rings. The van der Waals surface area contributed by atoms with Crippen molar-refractivity contribution in [1.29, 1.82) is 0 Å². The van der Waals surface area contributed by atoms with Gasteiger partial charge in [-0.25, -0.2) is 4.98 Å². The van der Waals surface area contributed by atoms with Gasteiger partial charge in [-0.2, -0.15) is 0 Å². The molecular weight excluding hydrogens is 376 g/mol. The molecule has 0 aliphatic carbocycles. The third-order valence-electron chi connectivity index (χ3n) is 5.93. The molecule has 3 heterocycles. The molecular formula is C24H24N4O2. The summed E-state index contributed by atoms with van der Waals surface area (Å²) in [7, 11) is 2.03. The minimum atomic E-state index is 0.0597. The lowest BCUT2D eigenvalue weighted by Gasteiger charge is -2.27. The second-order valence-corrected chi connectivity index (χ2v) is 7.76. The summed E-state index contributed by atoms with van der Waals surface area (Å²) in [5, 5.41) is 0.950. The zero-order valence-electron chi connectivity index (χ0n) is 17.2. The van der Waals surface area contributed by atoms with Gasteiger partial charge in [-0.3, -0.25) is 4.79 Å². The third kappa shape index (κ3) is 3.05. The Labute approximate surface area is 175 Å². The minimum absolute atomic E-state index is 0.0597. The summed E-state index contributed by atoms with van der Waals surface area (Å²) >= 11 is 0. The Kier molecular flexibility index (Phi) is 4.54. The molecule has 0 radical (unpaired) electrons. The molecule has 2 aromatic heterocycles. The number of carbonyl (C=O) groups excluding carboxylic acids is 1. The largest absolute Gasteiger partial charge is 0.487 e. The van der Waals surface area contributed by atoms with Crippen LogP contribution in [0, 0.1) is 6.92 Å². The lowest BCUT2D eigenvalue weighted by molar-refractivity contribution is 0.0725. The van der Waals surface area contributed by atoms with E-state index in [1.165, 1.54) is 0 Å². The van der Waals surface area contributed by atoms with Gasteiger partial charge in [0.2, 0.25) is 0 Å². The van der Waals surface area contributed by atoms with E-state index in [1.807, 2.05) is 55.3 Å². The highest BCUT2D eigenvalue weighted by Crippen LogP contribution is 2.36. The van der Waals surface area contributed by atoms with Crippen molar-refractivity contribution in [3.05, 3.63) is 83.1 Å². The van der Waals surface area contributed by atoms with E-state index in [0.717, 1.165) is 51.3 Å². The fourth-order valence-electron chi connectivity index (χ4n) is 4.29. The summed E-state index contributed by atoms with van der Waals surface area (Å²) in [5.74, 6) is 0.861. The molecule has 5 rings (SSSR count). The van der Waals surface area contributed by atoms with Gasteiger partial charge >= 0.3 is 0 Å². The van der Waals surface area contributed by atoms with Gasteiger partial charge in [0.25, 0.3) is 5.91 Å². The van der Waals surface area contributed by atoms with Crippen LogP contribution in [0.4, 0.5) is 0 Å². The number of nitrogens with one attached hydrogen (secondary N) is 1. The van der Waals surface area contributed by atoms with Gasteiger partial charge in [0.15, 0.2) is 0 Å². The zero-order valence-corrected chi connectivity index (χ0v) is 17.2. The topological polar surface area (TPSA) is 63.2 Å². The Morgan fingerprint density at radius 2 is 1.97 bits per heavy atom. The number of amides is 1. The number of benzene rings is 2. The molecule has 1 aliphatic heterocycles. The summed E-state index contributed by atoms with van der Waals surface area (Å²) in [5.41, 5.74) is 5.87. The Morgan fingerprint density at radius 3 is 2.73 bits per heavy atom. The van der Waals surface area contributed by atoms with Crippen LogP contribution in [0.2, 0.25) is 0 Å². The molecule has 0 saturated heterocycles. The predicted octanol–water partition coefficient (Wildman–Crippen LogP) is 3.99. The van der Waals surface area contributed by atoms with Crippen molar-refractivity contribution < 1.29 is 9.53 Å². The number of H-pyrrole nitrogens is 1. The van der Waals surface area contributed by atoms with E-state index < -0.39 is 0 Å². The summed E-state index contributed by atoms with van der Waals surface area (Å²) < 4.78 is 8.29. The molecule has 0 saturated carbocycles. The number of hydrogen-bond acceptors (Lipinski definition) is 3. The summed E-state index contributed by atoms with van der Waals surface area (Å²) in [4.78, 5) is 22.7. The quantitative estimate of drug-likeness (QED) is 0.551. The molecule has 1 N–H and O–H groups in total. The standard InChI is InChI=1S/C24H24N4O2/c1-16-19(26-15-25-16)13-28-12-11-20-22(24(28)29)18-9-6-10-21(23(18)27(20)2)30-14-17-7-4-3-5-8-17/h3-10,15H,11-14H2,1-2H3,(H,25,26). The lowest BCUT2D eigenvalue weighted by Crippen LogP contribution is -2.37. The molecule has 1 aliphatic rings. The number of para-hydroxylation sites is 1. The predicted molar refractivity (Wildman–Crippen MR) is 115 cm³/mol. The fraction of sp³-hybridized carbons (Fsp3) is 0.250. The summed E-state index contributed by atoms with van der Waals surface area (Å²) in [6, 6.07) is 16.1. The van der Waals surface area contributed by atoms with E-state index in [1.54, 1.807) is 6.33 Å². The first-order valence-corrected chi connectivity index (χ1v) is 10.2. The van der Waals surface area contributed by atoms with Crippen molar-refractivity contribution in [2.45, 2.75) is 26.5 Å². The normalized spacial score (nSPS) is 13.7. The van der Waals surface area contributed by atoms with Crippen molar-refractivity contribution in [2.24, 2.45) is 7.05 Å². The molecule has 6 heteroatoms. The van der Waals surface area contributed by atoms with Crippen LogP contribution < -0.4 is 4.74 Å². The van der Waals surface area contributed by atoms with Crippen LogP contribution in [0.15, 0.2) is 54.9 Å². The lowest BCUT2D eigenvalue weighted by atomic mass is 10.0. The molecule has 4 aromatic rings. The van der Waals surface area contributed by atoms with E-state index >= 15 is 0 Å². The maximum absolute atomic E-state index is 13.4. The zero-order chi connectivity index (χ0) is 20.7. The van der Waals surface area contributed by atoms with Crippen molar-refractivity contribution in [2.75, 3.05) is 6.54 Å². The fourth-order valence-corrected chi connectivity index (χ4v) is 4.29. The molecule has 0 atom stereocenters. The number of aryl methyl sites for hydroxylation is 2. The Balaban J connectivity index is 1.49. The Morgan fingerprint density at radius 1 is 1.13 bits per heavy atom. The van der Waals surface area contributed by atoms with Gasteiger partial charge in [-0.1, -0.05) is 42.5 Å². The summed E-state index contributed by atoms with van der Waals surface area (Å²) in [6.45, 7) is 3.68. The average molecular weight is 400 g/mol. The van der Waals surface area contributed by atoms with Crippen molar-refractivity contribution in [3.8, 4) is 5.75 Å². The van der Waals surface area contributed by atoms with Crippen LogP contribution in [-0.4, -0.2) is 31.9 Å². The molecule has 0 unspecified atom stereocenters. The number of carbonyl (C=O) groups is 1. The first kappa shape index (κ1) is 18.5. The van der Waals surface area contributed by atoms with Crippen molar-refractivity contribution in [3.63, 3.8) is 0 Å². The molecule has 1 amide bonds. The SMILES string of the molecule is Cc1[nH]cnc1CN1CCc2c(c3cccc(OCc4ccccc4)c3n2C)C1=O. The minimum Gasteiger partial charge on any atom is -0.487 e. The smallest absolute Gasteiger partial charge is 0.256 e. The van der Waals surface area contributed by atoms with E-state index in [-0.39, 0.29) is 5.91 Å². The second kappa shape index (κ2) is 7.37. The van der Waals surface area contributed by atoms with Gasteiger partial charge in [0, 0.05) is 36.8 Å². The molecule has 152 valence electrons. The number of rotatable bonds is 5. The first-order valence-electron chi connectivity index (χ1n) is 10.2. The van der Waals surface area contributed by atoms with E-state index in [0.29, 0.717) is 19.7 Å². The number of nitrogens with zero attached hydrogens (tertiary/aromatic N) is 3. The van der Waals surface area contributed by atoms with Gasteiger partial charge < -0.3 is 19.2 Å². The van der Waals surface area contributed by atoms with Crippen LogP contribution in [0.1, 0.15) is 33.0 Å². The van der Waals surface area contributed by atoms with Crippen LogP contribution >= 0.6 is 0 Å². The maximum Gasteiger partial charge on any atom is 0.256 e. The highest BCUT2D eigenvalue weighted by molar-refractivity contribution is 6.10. The number of imidazole rings is 1. The highest BCUT2D eigenvalue weighted by atomic mass is 16.5. The number of aromatic amines is 1. The summed E-state index contributed by atoms with van der Waals surface area (Å²) in [6.07, 6.45) is 2.49. The van der Waals surface area contributed by atoms with Gasteiger partial charge in [0.1, 0.15) is 12.4 Å². The monoisotopic (exact) mass is 400 g/mol. The third-order valence-corrected chi connectivity index (χ3v) is 5.93. The van der Waals surface area contributed by atoms with E-state index in [4.69, 9.17) is 4.74 Å². The Hall–Kier alpha value is -3.54. The Bertz CT molecular complexity index is 1220. The van der Waals surface area contributed by atoms with Crippen LogP contribution in [0.25, 0.3) is 10.9 Å². The van der Waals surface area contributed by atoms with Gasteiger partial charge in [-0.05, 0) is 18.6 Å². The average Bonchev–Trinajstić information content (AvgIpc) is 3.30. The molecule has 0 bridgehead atoms. The molecule has 30 heavy (non-hydrogen) atoms. The number of aromatic nitrogens is 3. The number of fused-ring (bicyclic) bond motifs is 3. The van der Waals surface area contributed by atoms with E-state index in [9.17, 15) is 4.79 Å². The second-order valence-electron chi connectivity index (χ2n) is 7.76. The van der Waals surface area contributed by atoms with Crippen molar-refractivity contribution in [1.82, 2.24) is 19.4 Å². The first-order chi connectivity index (χ1) is 14.6. The van der Waals surface area contributed by atoms with Crippen LogP contribution in [0.5, 0.6) is 5.75 Å². The van der Waals surface area contributed by atoms with Gasteiger partial charge in [-0.15, -0.1) is 0 Å². The van der Waals surface area contributed by atoms with E-state index in [2.05, 4.69) is 26.7 Å². The molecule has 0 spiro atoms. The highest BCUT2D eigenvalue weighted by Gasteiger charge is 2.31. The van der Waals surface area contributed by atoms with Crippen LogP contribution in [0.3, 0.4) is 0 Å². The number of ether oxygens (including phenoxy) is 1. The molecule has 6 nitrogen and oxygen atoms in total.